The summed E-state index contributed by atoms with van der Waals surface area (Å²) in [7, 11) is 0. The minimum absolute atomic E-state index is 0.0284. The first kappa shape index (κ1) is 16.3. The van der Waals surface area contributed by atoms with Gasteiger partial charge in [0.2, 0.25) is 0 Å². The standard InChI is InChI=1S/C19H28N2O2/c1-14(22)17-11-12-18(20-17)19(23)21-13-5-8-16(21)10-9-15-6-3-2-4-7-15/h11-12,15-16,20H,2-10,13H2,1H3/t16-/m1/s1. The molecule has 23 heavy (non-hydrogen) atoms. The topological polar surface area (TPSA) is 53.2 Å². The van der Waals surface area contributed by atoms with Crippen LogP contribution in [-0.4, -0.2) is 34.2 Å². The number of ketones is 1. The van der Waals surface area contributed by atoms with Gasteiger partial charge in [0.1, 0.15) is 5.69 Å². The van der Waals surface area contributed by atoms with E-state index < -0.39 is 0 Å². The van der Waals surface area contributed by atoms with Crippen molar-refractivity contribution in [3.8, 4) is 0 Å². The number of carbonyl (C=O) groups is 2. The summed E-state index contributed by atoms with van der Waals surface area (Å²) in [6, 6.07) is 3.84. The summed E-state index contributed by atoms with van der Waals surface area (Å²) < 4.78 is 0. The van der Waals surface area contributed by atoms with Gasteiger partial charge < -0.3 is 9.88 Å². The molecular weight excluding hydrogens is 288 g/mol. The lowest BCUT2D eigenvalue weighted by Crippen LogP contribution is -2.36. The number of hydrogen-bond acceptors (Lipinski definition) is 2. The Kier molecular flexibility index (Phi) is 5.19. The SMILES string of the molecule is CC(=O)c1ccc(C(=O)N2CCC[C@@H]2CCC2CCCCC2)[nH]1. The molecule has 1 saturated carbocycles. The third kappa shape index (κ3) is 3.85. The van der Waals surface area contributed by atoms with E-state index in [1.165, 1.54) is 45.4 Å². The summed E-state index contributed by atoms with van der Waals surface area (Å²) in [6.07, 6.45) is 11.5. The van der Waals surface area contributed by atoms with Crippen molar-refractivity contribution >= 4 is 11.7 Å². The first-order chi connectivity index (χ1) is 11.1. The van der Waals surface area contributed by atoms with Gasteiger partial charge in [0.15, 0.2) is 5.78 Å². The fourth-order valence-corrected chi connectivity index (χ4v) is 4.19. The molecule has 0 radical (unpaired) electrons. The van der Waals surface area contributed by atoms with Crippen LogP contribution in [0, 0.1) is 5.92 Å². The maximum Gasteiger partial charge on any atom is 0.270 e. The minimum atomic E-state index is -0.0284. The summed E-state index contributed by atoms with van der Waals surface area (Å²) in [6.45, 7) is 2.37. The lowest BCUT2D eigenvalue weighted by Gasteiger charge is -2.27. The fraction of sp³-hybridized carbons (Fsp3) is 0.684. The molecule has 1 atom stereocenters. The minimum Gasteiger partial charge on any atom is -0.348 e. The van der Waals surface area contributed by atoms with Crippen molar-refractivity contribution in [2.75, 3.05) is 6.54 Å². The number of rotatable bonds is 5. The monoisotopic (exact) mass is 316 g/mol. The normalized spacial score (nSPS) is 22.5. The average Bonchev–Trinajstić information content (AvgIpc) is 3.22. The zero-order valence-corrected chi connectivity index (χ0v) is 14.1. The Morgan fingerprint density at radius 2 is 1.78 bits per heavy atom. The summed E-state index contributed by atoms with van der Waals surface area (Å²) in [5, 5.41) is 0. The quantitative estimate of drug-likeness (QED) is 0.828. The van der Waals surface area contributed by atoms with Crippen molar-refractivity contribution in [1.82, 2.24) is 9.88 Å². The van der Waals surface area contributed by atoms with E-state index >= 15 is 0 Å². The Morgan fingerprint density at radius 1 is 1.04 bits per heavy atom. The van der Waals surface area contributed by atoms with Crippen molar-refractivity contribution in [3.63, 3.8) is 0 Å². The highest BCUT2D eigenvalue weighted by atomic mass is 16.2. The van der Waals surface area contributed by atoms with Crippen molar-refractivity contribution < 1.29 is 9.59 Å². The van der Waals surface area contributed by atoms with E-state index in [0.29, 0.717) is 17.4 Å². The van der Waals surface area contributed by atoms with Crippen molar-refractivity contribution in [3.05, 3.63) is 23.5 Å². The Morgan fingerprint density at radius 3 is 2.48 bits per heavy atom. The largest absolute Gasteiger partial charge is 0.348 e. The predicted molar refractivity (Wildman–Crippen MR) is 90.7 cm³/mol. The van der Waals surface area contributed by atoms with Gasteiger partial charge in [0.05, 0.1) is 5.69 Å². The van der Waals surface area contributed by atoms with E-state index in [1.807, 2.05) is 4.90 Å². The van der Waals surface area contributed by atoms with Crippen LogP contribution in [0.15, 0.2) is 12.1 Å². The number of likely N-dealkylation sites (tertiary alicyclic amines) is 1. The van der Waals surface area contributed by atoms with Crippen molar-refractivity contribution in [2.24, 2.45) is 5.92 Å². The van der Waals surface area contributed by atoms with Gasteiger partial charge in [0.25, 0.3) is 5.91 Å². The Labute approximate surface area is 138 Å². The number of hydrogen-bond donors (Lipinski definition) is 1. The molecule has 3 rings (SSSR count). The molecule has 1 aliphatic carbocycles. The first-order valence-electron chi connectivity index (χ1n) is 9.16. The number of aromatic nitrogens is 1. The maximum atomic E-state index is 12.7. The van der Waals surface area contributed by atoms with Crippen LogP contribution in [0.25, 0.3) is 0 Å². The Balaban J connectivity index is 1.58. The second-order valence-electron chi connectivity index (χ2n) is 7.22. The molecule has 1 aromatic rings. The molecule has 4 nitrogen and oxygen atoms in total. The molecule has 1 N–H and O–H groups in total. The van der Waals surface area contributed by atoms with Gasteiger partial charge in [-0.2, -0.15) is 0 Å². The highest BCUT2D eigenvalue weighted by molar-refractivity contribution is 5.97. The van der Waals surface area contributed by atoms with Gasteiger partial charge in [-0.25, -0.2) is 0 Å². The van der Waals surface area contributed by atoms with E-state index in [0.717, 1.165) is 31.7 Å². The van der Waals surface area contributed by atoms with Crippen LogP contribution in [0.4, 0.5) is 0 Å². The van der Waals surface area contributed by atoms with Gasteiger partial charge in [0, 0.05) is 19.5 Å². The van der Waals surface area contributed by atoms with E-state index in [2.05, 4.69) is 4.98 Å². The third-order valence-corrected chi connectivity index (χ3v) is 5.57. The molecule has 0 bridgehead atoms. The maximum absolute atomic E-state index is 12.7. The second-order valence-corrected chi connectivity index (χ2v) is 7.22. The highest BCUT2D eigenvalue weighted by Gasteiger charge is 2.30. The molecule has 126 valence electrons. The van der Waals surface area contributed by atoms with Crippen LogP contribution in [-0.2, 0) is 0 Å². The molecule has 1 saturated heterocycles. The number of nitrogens with zero attached hydrogens (tertiary/aromatic N) is 1. The lowest BCUT2D eigenvalue weighted by atomic mass is 9.85. The molecule has 0 aromatic carbocycles. The summed E-state index contributed by atoms with van der Waals surface area (Å²) in [4.78, 5) is 29.1. The average molecular weight is 316 g/mol. The van der Waals surface area contributed by atoms with E-state index in [1.54, 1.807) is 12.1 Å². The number of Topliss-reactive ketones (excluding diaryl/α,β-unsaturated/α-hetero) is 1. The summed E-state index contributed by atoms with van der Waals surface area (Å²) in [5.41, 5.74) is 1.08. The molecule has 1 aromatic heterocycles. The molecule has 1 amide bonds. The molecule has 2 aliphatic rings. The van der Waals surface area contributed by atoms with Crippen LogP contribution >= 0.6 is 0 Å². The number of carbonyl (C=O) groups excluding carboxylic acids is 2. The molecule has 2 fully saturated rings. The predicted octanol–water partition coefficient (Wildman–Crippen LogP) is 4.18. The molecule has 4 heteroatoms. The molecule has 1 aliphatic heterocycles. The Bertz CT molecular complexity index is 557. The van der Waals surface area contributed by atoms with Gasteiger partial charge >= 0.3 is 0 Å². The second kappa shape index (κ2) is 7.33. The molecule has 0 spiro atoms. The fourth-order valence-electron chi connectivity index (χ4n) is 4.19. The number of H-pyrrole nitrogens is 1. The van der Waals surface area contributed by atoms with Crippen LogP contribution in [0.5, 0.6) is 0 Å². The van der Waals surface area contributed by atoms with Crippen LogP contribution in [0.2, 0.25) is 0 Å². The van der Waals surface area contributed by atoms with Crippen molar-refractivity contribution in [1.29, 1.82) is 0 Å². The summed E-state index contributed by atoms with van der Waals surface area (Å²) >= 11 is 0. The highest BCUT2D eigenvalue weighted by Crippen LogP contribution is 2.31. The smallest absolute Gasteiger partial charge is 0.270 e. The van der Waals surface area contributed by atoms with E-state index in [4.69, 9.17) is 0 Å². The Hall–Kier alpha value is -1.58. The van der Waals surface area contributed by atoms with Gasteiger partial charge in [-0.15, -0.1) is 0 Å². The lowest BCUT2D eigenvalue weighted by molar-refractivity contribution is 0.0718. The van der Waals surface area contributed by atoms with Crippen LogP contribution in [0.1, 0.15) is 85.7 Å². The van der Waals surface area contributed by atoms with Gasteiger partial charge in [-0.3, -0.25) is 9.59 Å². The third-order valence-electron chi connectivity index (χ3n) is 5.57. The number of aromatic amines is 1. The van der Waals surface area contributed by atoms with Crippen molar-refractivity contribution in [2.45, 2.75) is 70.8 Å². The zero-order chi connectivity index (χ0) is 16.2. The van der Waals surface area contributed by atoms with Gasteiger partial charge in [-0.05, 0) is 43.7 Å². The first-order valence-corrected chi connectivity index (χ1v) is 9.16. The zero-order valence-electron chi connectivity index (χ0n) is 14.1. The number of nitrogens with one attached hydrogen (secondary N) is 1. The summed E-state index contributed by atoms with van der Waals surface area (Å²) in [5.74, 6) is 0.902. The van der Waals surface area contributed by atoms with Gasteiger partial charge in [-0.1, -0.05) is 32.1 Å². The molecule has 0 unspecified atom stereocenters. The molecular formula is C19H28N2O2. The molecule has 2 heterocycles. The van der Waals surface area contributed by atoms with E-state index in [-0.39, 0.29) is 11.7 Å². The van der Waals surface area contributed by atoms with Crippen LogP contribution in [0.3, 0.4) is 0 Å². The number of amides is 1. The van der Waals surface area contributed by atoms with Crippen LogP contribution < -0.4 is 0 Å². The van der Waals surface area contributed by atoms with E-state index in [9.17, 15) is 9.59 Å².